The van der Waals surface area contributed by atoms with Crippen LogP contribution in [-0.4, -0.2) is 20.3 Å². The summed E-state index contributed by atoms with van der Waals surface area (Å²) in [7, 11) is 0. The zero-order valence-corrected chi connectivity index (χ0v) is 12.0. The minimum atomic E-state index is -0.736. The van der Waals surface area contributed by atoms with Crippen LogP contribution >= 0.6 is 11.6 Å². The Kier molecular flexibility index (Phi) is 3.94. The van der Waals surface area contributed by atoms with Gasteiger partial charge in [-0.3, -0.25) is 4.79 Å². The first-order valence-corrected chi connectivity index (χ1v) is 6.55. The van der Waals surface area contributed by atoms with Crippen molar-refractivity contribution in [3.8, 4) is 5.69 Å². The molecule has 0 radical (unpaired) electrons. The Bertz CT molecular complexity index is 705. The molecule has 1 amide bonds. The lowest BCUT2D eigenvalue weighted by atomic mass is 10.2. The van der Waals surface area contributed by atoms with Crippen molar-refractivity contribution in [1.29, 1.82) is 0 Å². The third-order valence-corrected chi connectivity index (χ3v) is 3.36. The Morgan fingerprint density at radius 3 is 2.75 bits per heavy atom. The van der Waals surface area contributed by atoms with Crippen molar-refractivity contribution in [2.24, 2.45) is 5.73 Å². The summed E-state index contributed by atoms with van der Waals surface area (Å²) in [5.74, 6) is -0.567. The van der Waals surface area contributed by atoms with Crippen molar-refractivity contribution in [2.45, 2.75) is 26.3 Å². The summed E-state index contributed by atoms with van der Waals surface area (Å²) in [5, 5.41) is 0.599. The van der Waals surface area contributed by atoms with Crippen molar-refractivity contribution < 1.29 is 4.79 Å². The minimum Gasteiger partial charge on any atom is -0.368 e. The molecule has 1 aromatic heterocycles. The highest BCUT2D eigenvalue weighted by molar-refractivity contribution is 6.30. The highest BCUT2D eigenvalue weighted by atomic mass is 35.5. The lowest BCUT2D eigenvalue weighted by Crippen LogP contribution is -2.35. The van der Waals surface area contributed by atoms with Crippen molar-refractivity contribution in [1.82, 2.24) is 14.3 Å². The first kappa shape index (κ1) is 14.3. The van der Waals surface area contributed by atoms with E-state index in [0.29, 0.717) is 11.4 Å². The molecule has 1 atom stereocenters. The van der Waals surface area contributed by atoms with Gasteiger partial charge in [0.2, 0.25) is 5.91 Å². The molecule has 0 bridgehead atoms. The number of benzene rings is 1. The summed E-state index contributed by atoms with van der Waals surface area (Å²) in [4.78, 5) is 27.1. The first-order chi connectivity index (χ1) is 9.45. The molecule has 0 saturated heterocycles. The number of nitrogens with zero attached hydrogens (tertiary/aromatic N) is 3. The fraction of sp³-hybridized carbons (Fsp3) is 0.308. The van der Waals surface area contributed by atoms with Gasteiger partial charge in [-0.25, -0.2) is 14.2 Å². The van der Waals surface area contributed by atoms with Crippen LogP contribution in [0.15, 0.2) is 29.3 Å². The molecule has 0 aliphatic carbocycles. The molecule has 1 unspecified atom stereocenters. The second-order valence-corrected chi connectivity index (χ2v) is 4.91. The zero-order chi connectivity index (χ0) is 14.9. The molecule has 2 N–H and O–H groups in total. The summed E-state index contributed by atoms with van der Waals surface area (Å²) in [6, 6.07) is 4.52. The number of amides is 1. The van der Waals surface area contributed by atoms with Gasteiger partial charge in [-0.15, -0.1) is 0 Å². The third-order valence-electron chi connectivity index (χ3n) is 3.12. The van der Waals surface area contributed by atoms with E-state index in [1.165, 1.54) is 15.7 Å². The lowest BCUT2D eigenvalue weighted by Gasteiger charge is -2.18. The predicted octanol–water partition coefficient (Wildman–Crippen LogP) is 1.43. The summed E-state index contributed by atoms with van der Waals surface area (Å²) >= 11 is 5.92. The zero-order valence-electron chi connectivity index (χ0n) is 11.2. The number of hydrogen-bond donors (Lipinski definition) is 1. The van der Waals surface area contributed by atoms with Crippen LogP contribution in [0.4, 0.5) is 0 Å². The van der Waals surface area contributed by atoms with Crippen molar-refractivity contribution in [2.75, 3.05) is 0 Å². The Balaban J connectivity index is 2.64. The first-order valence-electron chi connectivity index (χ1n) is 6.17. The quantitative estimate of drug-likeness (QED) is 0.926. The molecular weight excluding hydrogens is 280 g/mol. The number of carbonyl (C=O) groups excluding carboxylic acids is 1. The molecular formula is C13H15ClN4O2. The number of primary amides is 1. The Labute approximate surface area is 120 Å². The number of aromatic nitrogens is 3. The van der Waals surface area contributed by atoms with E-state index in [-0.39, 0.29) is 0 Å². The second-order valence-electron chi connectivity index (χ2n) is 4.47. The van der Waals surface area contributed by atoms with Crippen LogP contribution in [0.3, 0.4) is 0 Å². The molecule has 7 heteroatoms. The molecule has 20 heavy (non-hydrogen) atoms. The molecule has 0 aliphatic rings. The van der Waals surface area contributed by atoms with Gasteiger partial charge in [0.05, 0.1) is 5.69 Å². The standard InChI is InChI=1S/C13H15ClN4O2/c1-3-10(12(15)19)18-13(20)16-7-17(18)11-5-4-9(14)6-8(11)2/h4-7,10H,3H2,1-2H3,(H2,15,19). The Hall–Kier alpha value is -2.08. The van der Waals surface area contributed by atoms with E-state index in [4.69, 9.17) is 17.3 Å². The monoisotopic (exact) mass is 294 g/mol. The maximum absolute atomic E-state index is 11.9. The molecule has 0 aliphatic heterocycles. The molecule has 0 spiro atoms. The SMILES string of the molecule is CCC(C(N)=O)n1c(=O)ncn1-c1ccc(Cl)cc1C. The fourth-order valence-corrected chi connectivity index (χ4v) is 2.37. The lowest BCUT2D eigenvalue weighted by molar-refractivity contribution is -0.121. The van der Waals surface area contributed by atoms with Crippen LogP contribution in [0, 0.1) is 6.92 Å². The average molecular weight is 295 g/mol. The number of carbonyl (C=O) groups is 1. The van der Waals surface area contributed by atoms with Crippen molar-refractivity contribution in [3.05, 3.63) is 45.6 Å². The summed E-state index contributed by atoms with van der Waals surface area (Å²) in [6.07, 6.45) is 1.79. The van der Waals surface area contributed by atoms with E-state index >= 15 is 0 Å². The van der Waals surface area contributed by atoms with Crippen molar-refractivity contribution >= 4 is 17.5 Å². The average Bonchev–Trinajstić information content (AvgIpc) is 2.73. The highest BCUT2D eigenvalue weighted by Crippen LogP contribution is 2.20. The molecule has 2 aromatic rings. The third kappa shape index (κ3) is 2.46. The fourth-order valence-electron chi connectivity index (χ4n) is 2.14. The number of halogens is 1. The van der Waals surface area contributed by atoms with Crippen LogP contribution in [0.2, 0.25) is 5.02 Å². The molecule has 2 rings (SSSR count). The number of rotatable bonds is 4. The molecule has 0 fully saturated rings. The highest BCUT2D eigenvalue weighted by Gasteiger charge is 2.21. The number of aryl methyl sites for hydroxylation is 1. The van der Waals surface area contributed by atoms with E-state index in [1.54, 1.807) is 25.1 Å². The van der Waals surface area contributed by atoms with Gasteiger partial charge in [0.1, 0.15) is 12.4 Å². The maximum Gasteiger partial charge on any atom is 0.364 e. The summed E-state index contributed by atoms with van der Waals surface area (Å²) < 4.78 is 2.80. The molecule has 1 heterocycles. The van der Waals surface area contributed by atoms with Gasteiger partial charge in [0, 0.05) is 5.02 Å². The topological polar surface area (TPSA) is 82.9 Å². The van der Waals surface area contributed by atoms with E-state index in [1.807, 2.05) is 6.92 Å². The van der Waals surface area contributed by atoms with Gasteiger partial charge in [-0.05, 0) is 37.1 Å². The Morgan fingerprint density at radius 2 is 2.20 bits per heavy atom. The number of hydrogen-bond acceptors (Lipinski definition) is 3. The largest absolute Gasteiger partial charge is 0.368 e. The van der Waals surface area contributed by atoms with Gasteiger partial charge < -0.3 is 5.73 Å². The van der Waals surface area contributed by atoms with Crippen LogP contribution in [0.5, 0.6) is 0 Å². The second kappa shape index (κ2) is 5.50. The van der Waals surface area contributed by atoms with Crippen molar-refractivity contribution in [3.63, 3.8) is 0 Å². The van der Waals surface area contributed by atoms with E-state index in [0.717, 1.165) is 11.3 Å². The van der Waals surface area contributed by atoms with Crippen LogP contribution in [-0.2, 0) is 4.79 Å². The van der Waals surface area contributed by atoms with Gasteiger partial charge in [0.15, 0.2) is 0 Å². The van der Waals surface area contributed by atoms with E-state index in [9.17, 15) is 9.59 Å². The van der Waals surface area contributed by atoms with Crippen LogP contribution in [0.1, 0.15) is 24.9 Å². The molecule has 6 nitrogen and oxygen atoms in total. The number of nitrogens with two attached hydrogens (primary N) is 1. The predicted molar refractivity (Wildman–Crippen MR) is 76.1 cm³/mol. The molecule has 1 aromatic carbocycles. The van der Waals surface area contributed by atoms with E-state index in [2.05, 4.69) is 4.98 Å². The minimum absolute atomic E-state index is 0.410. The van der Waals surface area contributed by atoms with Gasteiger partial charge in [-0.2, -0.15) is 4.98 Å². The van der Waals surface area contributed by atoms with Crippen LogP contribution in [0.25, 0.3) is 5.69 Å². The smallest absolute Gasteiger partial charge is 0.364 e. The molecule has 0 saturated carbocycles. The van der Waals surface area contributed by atoms with E-state index < -0.39 is 17.6 Å². The van der Waals surface area contributed by atoms with Gasteiger partial charge >= 0.3 is 5.69 Å². The Morgan fingerprint density at radius 1 is 1.50 bits per heavy atom. The van der Waals surface area contributed by atoms with Gasteiger partial charge in [-0.1, -0.05) is 18.5 Å². The maximum atomic E-state index is 11.9. The summed E-state index contributed by atoms with van der Waals surface area (Å²) in [5.41, 5.74) is 6.44. The van der Waals surface area contributed by atoms with Gasteiger partial charge in [0.25, 0.3) is 0 Å². The normalized spacial score (nSPS) is 12.3. The van der Waals surface area contributed by atoms with Crippen LogP contribution < -0.4 is 11.4 Å². The summed E-state index contributed by atoms with van der Waals surface area (Å²) in [6.45, 7) is 3.65. The molecule has 106 valence electrons.